The fraction of sp³-hybridized carbons (Fsp3) is 0.667. The van der Waals surface area contributed by atoms with Crippen molar-refractivity contribution in [3.63, 3.8) is 0 Å². The predicted octanol–water partition coefficient (Wildman–Crippen LogP) is 1.45. The van der Waals surface area contributed by atoms with Gasteiger partial charge < -0.3 is 4.74 Å². The average Bonchev–Trinajstić information content (AvgIpc) is 2.67. The number of methoxy groups -OCH3 is 1. The molecule has 0 aliphatic rings. The number of unbranched alkanes of at least 4 members (excludes halogenated alkanes) is 1. The Morgan fingerprint density at radius 2 is 2.25 bits per heavy atom. The number of aldehydes is 1. The van der Waals surface area contributed by atoms with Gasteiger partial charge >= 0.3 is 0 Å². The zero-order valence-corrected chi connectivity index (χ0v) is 8.90. The van der Waals surface area contributed by atoms with Gasteiger partial charge in [0.05, 0.1) is 0 Å². The Hall–Kier alpha value is -1.37. The van der Waals surface area contributed by atoms with Crippen molar-refractivity contribution >= 4 is 6.29 Å². The van der Waals surface area contributed by atoms with Crippen LogP contribution >= 0.6 is 0 Å². The Morgan fingerprint density at radius 3 is 2.81 bits per heavy atom. The Bertz CT molecular complexity index is 341. The predicted molar refractivity (Wildman–Crippen MR) is 51.5 cm³/mol. The summed E-state index contributed by atoms with van der Waals surface area (Å²) in [5, 5.41) is 6.91. The Morgan fingerprint density at radius 1 is 1.50 bits per heavy atom. The summed E-state index contributed by atoms with van der Waals surface area (Å²) in [7, 11) is 1.57. The Kier molecular flexibility index (Phi) is 4.97. The topological polar surface area (TPSA) is 57.0 Å². The third-order valence-corrected chi connectivity index (χ3v) is 2.09. The molecule has 0 N–H and O–H groups in total. The minimum absolute atomic E-state index is 0.290. The molecule has 0 fully saturated rings. The lowest BCUT2D eigenvalue weighted by atomic mass is 10.3. The largest absolute Gasteiger partial charge is 0.385 e. The molecule has 0 saturated carbocycles. The van der Waals surface area contributed by atoms with Crippen molar-refractivity contribution in [2.75, 3.05) is 13.7 Å². The molecule has 0 aliphatic carbocycles. The summed E-state index contributed by atoms with van der Waals surface area (Å²) in [5.41, 5.74) is -0.700. The molecule has 0 spiro atoms. The highest BCUT2D eigenvalue weighted by atomic mass is 19.3. The van der Waals surface area contributed by atoms with Gasteiger partial charge in [-0.2, -0.15) is 0 Å². The number of ether oxygens (including phenoxy) is 1. The van der Waals surface area contributed by atoms with Crippen LogP contribution in [0.1, 0.15) is 35.4 Å². The van der Waals surface area contributed by atoms with E-state index in [9.17, 15) is 13.6 Å². The molecule has 0 aliphatic heterocycles. The van der Waals surface area contributed by atoms with E-state index >= 15 is 0 Å². The molecule has 90 valence electrons. The maximum Gasteiger partial charge on any atom is 0.282 e. The number of nitrogens with zero attached hydrogens (tertiary/aromatic N) is 3. The second kappa shape index (κ2) is 6.26. The monoisotopic (exact) mass is 233 g/mol. The zero-order valence-electron chi connectivity index (χ0n) is 8.90. The number of aromatic nitrogens is 3. The maximum atomic E-state index is 12.6. The summed E-state index contributed by atoms with van der Waals surface area (Å²) in [6.07, 6.45) is -1.05. The van der Waals surface area contributed by atoms with Gasteiger partial charge in [-0.05, 0) is 12.8 Å². The van der Waals surface area contributed by atoms with Crippen molar-refractivity contribution < 1.29 is 18.3 Å². The summed E-state index contributed by atoms with van der Waals surface area (Å²) in [6, 6.07) is 0. The second-order valence-corrected chi connectivity index (χ2v) is 3.20. The van der Waals surface area contributed by atoms with Gasteiger partial charge in [-0.1, -0.05) is 5.21 Å². The summed E-state index contributed by atoms with van der Waals surface area (Å²) < 4.78 is 31.1. The van der Waals surface area contributed by atoms with Crippen molar-refractivity contribution in [1.29, 1.82) is 0 Å². The number of carbonyl (C=O) groups excluding carboxylic acids is 1. The van der Waals surface area contributed by atoms with E-state index in [0.717, 1.165) is 11.1 Å². The summed E-state index contributed by atoms with van der Waals surface area (Å²) >= 11 is 0. The lowest BCUT2D eigenvalue weighted by Gasteiger charge is -2.05. The molecule has 0 bridgehead atoms. The van der Waals surface area contributed by atoms with Crippen LogP contribution in [0.25, 0.3) is 0 Å². The minimum Gasteiger partial charge on any atom is -0.385 e. The van der Waals surface area contributed by atoms with Gasteiger partial charge in [0.1, 0.15) is 5.69 Å². The van der Waals surface area contributed by atoms with Crippen LogP contribution in [0, 0.1) is 0 Å². The Labute approximate surface area is 91.4 Å². The van der Waals surface area contributed by atoms with E-state index in [2.05, 4.69) is 10.3 Å². The maximum absolute atomic E-state index is 12.6. The molecule has 1 aromatic rings. The van der Waals surface area contributed by atoms with E-state index < -0.39 is 12.1 Å². The fourth-order valence-corrected chi connectivity index (χ4v) is 1.32. The van der Waals surface area contributed by atoms with E-state index in [1.54, 1.807) is 7.11 Å². The quantitative estimate of drug-likeness (QED) is 0.528. The van der Waals surface area contributed by atoms with Crippen LogP contribution in [-0.4, -0.2) is 35.0 Å². The molecular weight excluding hydrogens is 220 g/mol. The molecule has 0 aromatic carbocycles. The number of rotatable bonds is 7. The molecular formula is C9H13F2N3O2. The smallest absolute Gasteiger partial charge is 0.282 e. The first-order valence-corrected chi connectivity index (χ1v) is 4.86. The summed E-state index contributed by atoms with van der Waals surface area (Å²) in [5.74, 6) is 0. The third kappa shape index (κ3) is 3.06. The molecule has 0 unspecified atom stereocenters. The molecule has 0 amide bonds. The lowest BCUT2D eigenvalue weighted by Crippen LogP contribution is -2.07. The Balaban J connectivity index is 2.64. The fourth-order valence-electron chi connectivity index (χ4n) is 1.32. The van der Waals surface area contributed by atoms with Crippen molar-refractivity contribution in [2.24, 2.45) is 0 Å². The molecule has 5 nitrogen and oxygen atoms in total. The van der Waals surface area contributed by atoms with E-state index in [1.807, 2.05) is 0 Å². The highest BCUT2D eigenvalue weighted by Crippen LogP contribution is 2.20. The highest BCUT2D eigenvalue weighted by molar-refractivity contribution is 5.73. The van der Waals surface area contributed by atoms with Gasteiger partial charge in [0, 0.05) is 20.3 Å². The van der Waals surface area contributed by atoms with Gasteiger partial charge in [0.2, 0.25) is 0 Å². The van der Waals surface area contributed by atoms with Gasteiger partial charge in [0.15, 0.2) is 12.0 Å². The van der Waals surface area contributed by atoms with Crippen LogP contribution in [0.3, 0.4) is 0 Å². The molecule has 1 heterocycles. The number of aryl methyl sites for hydroxylation is 1. The highest BCUT2D eigenvalue weighted by Gasteiger charge is 2.20. The first kappa shape index (κ1) is 12.7. The standard InChI is InChI=1S/C9H13F2N3O2/c1-16-5-3-2-4-14-8(9(10)11)7(6-15)12-13-14/h6,9H,2-5H2,1H3. The van der Waals surface area contributed by atoms with Gasteiger partial charge in [-0.15, -0.1) is 5.10 Å². The van der Waals surface area contributed by atoms with Gasteiger partial charge in [-0.3, -0.25) is 4.79 Å². The summed E-state index contributed by atoms with van der Waals surface area (Å²) in [4.78, 5) is 10.5. The molecule has 16 heavy (non-hydrogen) atoms. The number of hydrogen-bond acceptors (Lipinski definition) is 4. The van der Waals surface area contributed by atoms with Crippen molar-refractivity contribution in [3.05, 3.63) is 11.4 Å². The van der Waals surface area contributed by atoms with Crippen LogP contribution in [0.15, 0.2) is 0 Å². The van der Waals surface area contributed by atoms with Crippen molar-refractivity contribution in [2.45, 2.75) is 25.8 Å². The SMILES string of the molecule is COCCCCn1nnc(C=O)c1C(F)F. The lowest BCUT2D eigenvalue weighted by molar-refractivity contribution is 0.109. The molecule has 0 saturated heterocycles. The van der Waals surface area contributed by atoms with E-state index in [0.29, 0.717) is 25.9 Å². The number of carbonyl (C=O) groups is 1. The van der Waals surface area contributed by atoms with Gasteiger partial charge in [-0.25, -0.2) is 13.5 Å². The van der Waals surface area contributed by atoms with Gasteiger partial charge in [0.25, 0.3) is 6.43 Å². The average molecular weight is 233 g/mol. The first-order valence-electron chi connectivity index (χ1n) is 4.86. The van der Waals surface area contributed by atoms with Crippen molar-refractivity contribution in [3.8, 4) is 0 Å². The molecule has 1 aromatic heterocycles. The molecule has 1 rings (SSSR count). The third-order valence-electron chi connectivity index (χ3n) is 2.09. The minimum atomic E-state index is -2.74. The van der Waals surface area contributed by atoms with E-state index in [4.69, 9.17) is 4.74 Å². The molecule has 7 heteroatoms. The number of hydrogen-bond donors (Lipinski definition) is 0. The molecule has 0 atom stereocenters. The normalized spacial score (nSPS) is 11.0. The number of alkyl halides is 2. The van der Waals surface area contributed by atoms with Crippen molar-refractivity contribution in [1.82, 2.24) is 15.0 Å². The summed E-state index contributed by atoms with van der Waals surface area (Å²) in [6.45, 7) is 0.878. The van der Waals surface area contributed by atoms with Crippen LogP contribution < -0.4 is 0 Å². The van der Waals surface area contributed by atoms with Crippen LogP contribution in [-0.2, 0) is 11.3 Å². The van der Waals surface area contributed by atoms with E-state index in [-0.39, 0.29) is 5.69 Å². The van der Waals surface area contributed by atoms with Crippen LogP contribution in [0.5, 0.6) is 0 Å². The molecule has 0 radical (unpaired) electrons. The van der Waals surface area contributed by atoms with Crippen LogP contribution in [0.4, 0.5) is 8.78 Å². The first-order chi connectivity index (χ1) is 7.70. The van der Waals surface area contributed by atoms with E-state index in [1.165, 1.54) is 0 Å². The second-order valence-electron chi connectivity index (χ2n) is 3.20. The number of halogens is 2. The zero-order chi connectivity index (χ0) is 12.0. The van der Waals surface area contributed by atoms with Crippen LogP contribution in [0.2, 0.25) is 0 Å².